The average molecular weight is 519 g/mol. The van der Waals surface area contributed by atoms with E-state index in [1.165, 1.54) is 0 Å². The van der Waals surface area contributed by atoms with E-state index in [0.29, 0.717) is 13.0 Å². The van der Waals surface area contributed by atoms with Crippen molar-refractivity contribution in [2.45, 2.75) is 58.2 Å². The first-order valence-corrected chi connectivity index (χ1v) is 13.7. The summed E-state index contributed by atoms with van der Waals surface area (Å²) in [6.07, 6.45) is 0.707. The number of carbonyl (C=O) groups excluding carboxylic acids is 2. The fourth-order valence-electron chi connectivity index (χ4n) is 5.03. The molecule has 0 spiro atoms. The quantitative estimate of drug-likeness (QED) is 0.241. The molecule has 0 heterocycles. The van der Waals surface area contributed by atoms with Crippen LogP contribution < -0.4 is 5.32 Å². The summed E-state index contributed by atoms with van der Waals surface area (Å²) in [6.45, 7) is 6.30. The summed E-state index contributed by atoms with van der Waals surface area (Å²) < 4.78 is 0. The van der Waals surface area contributed by atoms with Gasteiger partial charge < -0.3 is 10.2 Å². The molecule has 39 heavy (non-hydrogen) atoms. The van der Waals surface area contributed by atoms with Crippen LogP contribution in [0.4, 0.5) is 0 Å². The molecule has 0 radical (unpaired) electrons. The van der Waals surface area contributed by atoms with Crippen molar-refractivity contribution in [2.24, 2.45) is 0 Å². The van der Waals surface area contributed by atoms with Gasteiger partial charge in [-0.2, -0.15) is 0 Å². The van der Waals surface area contributed by atoms with Crippen molar-refractivity contribution in [1.29, 1.82) is 0 Å². The molecule has 4 aromatic carbocycles. The second-order valence-corrected chi connectivity index (χ2v) is 10.5. The minimum absolute atomic E-state index is 0.0342. The van der Waals surface area contributed by atoms with Crippen LogP contribution in [0.25, 0.3) is 0 Å². The highest BCUT2D eigenvalue weighted by atomic mass is 16.2. The van der Waals surface area contributed by atoms with Gasteiger partial charge in [0.25, 0.3) is 0 Å². The number of benzene rings is 4. The van der Waals surface area contributed by atoms with Crippen molar-refractivity contribution < 1.29 is 9.59 Å². The molecular weight excluding hydrogens is 480 g/mol. The van der Waals surface area contributed by atoms with Crippen LogP contribution >= 0.6 is 0 Å². The van der Waals surface area contributed by atoms with E-state index in [0.717, 1.165) is 27.8 Å². The van der Waals surface area contributed by atoms with Crippen molar-refractivity contribution in [2.75, 3.05) is 0 Å². The van der Waals surface area contributed by atoms with Crippen LogP contribution in [-0.4, -0.2) is 28.8 Å². The minimum atomic E-state index is -0.644. The molecule has 1 N–H and O–H groups in total. The molecule has 0 aliphatic heterocycles. The van der Waals surface area contributed by atoms with Gasteiger partial charge in [0.15, 0.2) is 0 Å². The van der Waals surface area contributed by atoms with Gasteiger partial charge >= 0.3 is 0 Å². The molecule has 0 aliphatic rings. The van der Waals surface area contributed by atoms with Crippen LogP contribution in [0, 0.1) is 6.92 Å². The predicted molar refractivity (Wildman–Crippen MR) is 158 cm³/mol. The largest absolute Gasteiger partial charge is 0.352 e. The van der Waals surface area contributed by atoms with Gasteiger partial charge in [-0.3, -0.25) is 9.59 Å². The molecular formula is C35H38N2O2. The van der Waals surface area contributed by atoms with Crippen LogP contribution in [0.3, 0.4) is 0 Å². The molecule has 4 nitrogen and oxygen atoms in total. The summed E-state index contributed by atoms with van der Waals surface area (Å²) in [5.74, 6) is -0.301. The van der Waals surface area contributed by atoms with Crippen LogP contribution in [-0.2, 0) is 22.6 Å². The Morgan fingerprint density at radius 1 is 0.718 bits per heavy atom. The lowest BCUT2D eigenvalue weighted by Crippen LogP contribution is -2.52. The molecule has 0 saturated carbocycles. The number of nitrogens with zero attached hydrogens (tertiary/aromatic N) is 1. The maximum absolute atomic E-state index is 14.4. The van der Waals surface area contributed by atoms with Crippen molar-refractivity contribution in [3.05, 3.63) is 143 Å². The van der Waals surface area contributed by atoms with Gasteiger partial charge in [0.2, 0.25) is 11.8 Å². The van der Waals surface area contributed by atoms with Gasteiger partial charge in [-0.25, -0.2) is 0 Å². The predicted octanol–water partition coefficient (Wildman–Crippen LogP) is 6.68. The topological polar surface area (TPSA) is 49.4 Å². The van der Waals surface area contributed by atoms with E-state index in [1.54, 1.807) is 4.90 Å². The summed E-state index contributed by atoms with van der Waals surface area (Å²) in [6, 6.07) is 37.7. The van der Waals surface area contributed by atoms with E-state index in [-0.39, 0.29) is 30.2 Å². The van der Waals surface area contributed by atoms with Crippen LogP contribution in [0.15, 0.2) is 115 Å². The third-order valence-corrected chi connectivity index (χ3v) is 6.92. The van der Waals surface area contributed by atoms with Crippen molar-refractivity contribution in [1.82, 2.24) is 10.2 Å². The third kappa shape index (κ3) is 7.90. The summed E-state index contributed by atoms with van der Waals surface area (Å²) >= 11 is 0. The number of aryl methyl sites for hydroxylation is 1. The third-order valence-electron chi connectivity index (χ3n) is 6.92. The smallest absolute Gasteiger partial charge is 0.243 e. The first-order chi connectivity index (χ1) is 18.9. The fraction of sp³-hybridized carbons (Fsp3) is 0.257. The first-order valence-electron chi connectivity index (χ1n) is 13.7. The Hall–Kier alpha value is -4.18. The Bertz CT molecular complexity index is 1300. The maximum atomic E-state index is 14.4. The first kappa shape index (κ1) is 27.8. The molecule has 0 saturated heterocycles. The monoisotopic (exact) mass is 518 g/mol. The zero-order valence-corrected chi connectivity index (χ0v) is 23.1. The molecule has 1 atom stereocenters. The SMILES string of the molecule is Cc1cccc(CN(C(=O)CC(c2ccccc2)c2ccccc2)[C@@H](Cc2ccccc2)C(=O)NC(C)C)c1. The lowest BCUT2D eigenvalue weighted by molar-refractivity contribution is -0.141. The molecule has 0 fully saturated rings. The Morgan fingerprint density at radius 3 is 1.79 bits per heavy atom. The zero-order chi connectivity index (χ0) is 27.6. The number of amides is 2. The molecule has 0 aliphatic carbocycles. The van der Waals surface area contributed by atoms with E-state index in [2.05, 4.69) is 35.6 Å². The summed E-state index contributed by atoms with van der Waals surface area (Å²) in [5.41, 5.74) is 5.32. The summed E-state index contributed by atoms with van der Waals surface area (Å²) in [4.78, 5) is 29.8. The number of rotatable bonds is 11. The van der Waals surface area contributed by atoms with Gasteiger partial charge in [0, 0.05) is 31.3 Å². The van der Waals surface area contributed by atoms with E-state index < -0.39 is 6.04 Å². The van der Waals surface area contributed by atoms with Gasteiger partial charge in [0.1, 0.15) is 6.04 Å². The van der Waals surface area contributed by atoms with E-state index in [4.69, 9.17) is 0 Å². The van der Waals surface area contributed by atoms with Crippen LogP contribution in [0.1, 0.15) is 54.0 Å². The maximum Gasteiger partial charge on any atom is 0.243 e. The van der Waals surface area contributed by atoms with Crippen molar-refractivity contribution in [3.63, 3.8) is 0 Å². The zero-order valence-electron chi connectivity index (χ0n) is 23.1. The molecule has 4 rings (SSSR count). The normalized spacial score (nSPS) is 11.8. The molecule has 0 bridgehead atoms. The van der Waals surface area contributed by atoms with E-state index in [9.17, 15) is 9.59 Å². The number of nitrogens with one attached hydrogen (secondary N) is 1. The van der Waals surface area contributed by atoms with Crippen molar-refractivity contribution >= 4 is 11.8 Å². The molecule has 0 unspecified atom stereocenters. The molecule has 200 valence electrons. The molecule has 0 aromatic heterocycles. The average Bonchev–Trinajstić information content (AvgIpc) is 2.94. The van der Waals surface area contributed by atoms with Gasteiger partial charge in [-0.05, 0) is 43.0 Å². The van der Waals surface area contributed by atoms with Crippen LogP contribution in [0.5, 0.6) is 0 Å². The Morgan fingerprint density at radius 2 is 1.26 bits per heavy atom. The second kappa shape index (κ2) is 13.6. The Labute approximate surface area is 232 Å². The standard InChI is InChI=1S/C35H38N2O2/c1-26(2)36-35(39)33(23-28-15-7-4-8-16-28)37(25-29-17-13-14-27(3)22-29)34(38)24-32(30-18-9-5-10-19-30)31-20-11-6-12-21-31/h4-22,26,32-33H,23-25H2,1-3H3,(H,36,39)/t33-/m0/s1. The summed E-state index contributed by atoms with van der Waals surface area (Å²) in [5, 5.41) is 3.08. The number of hydrogen-bond donors (Lipinski definition) is 1. The van der Waals surface area contributed by atoms with Gasteiger partial charge in [0.05, 0.1) is 0 Å². The Balaban J connectivity index is 1.73. The van der Waals surface area contributed by atoms with Gasteiger partial charge in [-0.15, -0.1) is 0 Å². The highest BCUT2D eigenvalue weighted by molar-refractivity contribution is 5.88. The second-order valence-electron chi connectivity index (χ2n) is 10.5. The molecule has 4 aromatic rings. The fourth-order valence-corrected chi connectivity index (χ4v) is 5.03. The van der Waals surface area contributed by atoms with Crippen LogP contribution in [0.2, 0.25) is 0 Å². The molecule has 4 heteroatoms. The highest BCUT2D eigenvalue weighted by Crippen LogP contribution is 2.30. The Kier molecular flexibility index (Phi) is 9.69. The number of hydrogen-bond acceptors (Lipinski definition) is 2. The number of carbonyl (C=O) groups is 2. The minimum Gasteiger partial charge on any atom is -0.352 e. The summed E-state index contributed by atoms with van der Waals surface area (Å²) in [7, 11) is 0. The highest BCUT2D eigenvalue weighted by Gasteiger charge is 2.32. The molecule has 2 amide bonds. The van der Waals surface area contributed by atoms with Gasteiger partial charge in [-0.1, -0.05) is 121 Å². The lowest BCUT2D eigenvalue weighted by Gasteiger charge is -2.33. The lowest BCUT2D eigenvalue weighted by atomic mass is 9.87. The van der Waals surface area contributed by atoms with E-state index >= 15 is 0 Å². The van der Waals surface area contributed by atoms with Crippen molar-refractivity contribution in [3.8, 4) is 0 Å². The van der Waals surface area contributed by atoms with E-state index in [1.807, 2.05) is 106 Å².